The molecule has 2 aliphatic carbocycles. The van der Waals surface area contributed by atoms with Crippen molar-refractivity contribution in [1.29, 1.82) is 0 Å². The minimum absolute atomic E-state index is 0.0216. The molecule has 2 fully saturated rings. The first-order valence-corrected chi connectivity index (χ1v) is 15.2. The van der Waals surface area contributed by atoms with E-state index in [1.165, 1.54) is 23.5 Å². The van der Waals surface area contributed by atoms with Crippen molar-refractivity contribution in [3.8, 4) is 5.88 Å². The molecule has 2 aliphatic rings. The lowest BCUT2D eigenvalue weighted by Crippen LogP contribution is -2.25. The minimum atomic E-state index is -3.36. The Balaban J connectivity index is 1.35. The highest BCUT2D eigenvalue weighted by atomic mass is 32.2. The summed E-state index contributed by atoms with van der Waals surface area (Å²) in [5.41, 5.74) is 0.989. The number of likely N-dealkylation sites (N-methyl/N-ethyl adjacent to an activating group) is 1. The number of oxime groups is 1. The number of nitrogens with one attached hydrogen (secondary N) is 1. The highest BCUT2D eigenvalue weighted by Gasteiger charge is 2.37. The zero-order valence-corrected chi connectivity index (χ0v) is 23.4. The number of aliphatic hydroxyl groups is 1. The van der Waals surface area contributed by atoms with E-state index in [4.69, 9.17) is 9.57 Å². The molecule has 0 radical (unpaired) electrons. The van der Waals surface area contributed by atoms with Crippen molar-refractivity contribution in [3.63, 3.8) is 0 Å². The van der Waals surface area contributed by atoms with Crippen LogP contribution in [-0.4, -0.2) is 84.7 Å². The Morgan fingerprint density at radius 1 is 1.13 bits per heavy atom. The number of ether oxygens (including phenoxy) is 1. The summed E-state index contributed by atoms with van der Waals surface area (Å²) in [5, 5.41) is 16.7. The van der Waals surface area contributed by atoms with Crippen LogP contribution in [0.25, 0.3) is 10.3 Å². The van der Waals surface area contributed by atoms with Gasteiger partial charge in [0.1, 0.15) is 23.1 Å². The van der Waals surface area contributed by atoms with Crippen molar-refractivity contribution in [2.75, 3.05) is 32.6 Å². The molecular weight excluding hydrogens is 542 g/mol. The Morgan fingerprint density at radius 3 is 2.56 bits per heavy atom. The maximum absolute atomic E-state index is 13.4. The number of aromatic nitrogens is 2. The van der Waals surface area contributed by atoms with Crippen LogP contribution in [0.2, 0.25) is 0 Å². The molecule has 2 N–H and O–H groups in total. The van der Waals surface area contributed by atoms with Crippen molar-refractivity contribution >= 4 is 48.3 Å². The van der Waals surface area contributed by atoms with Gasteiger partial charge in [0.15, 0.2) is 20.7 Å². The summed E-state index contributed by atoms with van der Waals surface area (Å²) in [6, 6.07) is 9.60. The summed E-state index contributed by atoms with van der Waals surface area (Å²) < 4.78 is 30.9. The van der Waals surface area contributed by atoms with Crippen molar-refractivity contribution in [2.45, 2.75) is 54.5 Å². The lowest BCUT2D eigenvalue weighted by Gasteiger charge is -2.11. The zero-order valence-electron chi connectivity index (χ0n) is 21.7. The van der Waals surface area contributed by atoms with Crippen LogP contribution in [0.1, 0.15) is 37.7 Å². The van der Waals surface area contributed by atoms with Crippen molar-refractivity contribution in [2.24, 2.45) is 5.16 Å². The zero-order chi connectivity index (χ0) is 27.6. The fraction of sp³-hybridized carbons (Fsp3) is 0.462. The van der Waals surface area contributed by atoms with Gasteiger partial charge in [-0.25, -0.2) is 18.4 Å². The number of rotatable bonds is 11. The summed E-state index contributed by atoms with van der Waals surface area (Å²) in [4.78, 5) is 30.7. The normalized spacial score (nSPS) is 19.9. The van der Waals surface area contributed by atoms with Gasteiger partial charge < -0.3 is 19.6 Å². The van der Waals surface area contributed by atoms with E-state index >= 15 is 0 Å². The number of hydrogen-bond acceptors (Lipinski definition) is 11. The van der Waals surface area contributed by atoms with E-state index in [1.54, 1.807) is 24.3 Å². The molecule has 5 rings (SSSR count). The first kappa shape index (κ1) is 27.4. The second kappa shape index (κ2) is 11.5. The lowest BCUT2D eigenvalue weighted by molar-refractivity contribution is -0.110. The number of thiazole rings is 1. The van der Waals surface area contributed by atoms with E-state index in [1.807, 2.05) is 19.0 Å². The van der Waals surface area contributed by atoms with Crippen molar-refractivity contribution in [3.05, 3.63) is 42.0 Å². The van der Waals surface area contributed by atoms with Crippen LogP contribution in [0.15, 0.2) is 46.4 Å². The monoisotopic (exact) mass is 573 g/mol. The predicted molar refractivity (Wildman–Crippen MR) is 148 cm³/mol. The summed E-state index contributed by atoms with van der Waals surface area (Å²) in [6.07, 6.45) is 2.23. The molecule has 11 nitrogen and oxygen atoms in total. The fourth-order valence-corrected chi connectivity index (χ4v) is 6.64. The summed E-state index contributed by atoms with van der Waals surface area (Å²) in [7, 11) is 0.557. The maximum Gasteiger partial charge on any atom is 0.280 e. The number of nitrogens with zero attached hydrogens (tertiary/aromatic N) is 4. The van der Waals surface area contributed by atoms with Crippen molar-refractivity contribution < 1.29 is 27.9 Å². The van der Waals surface area contributed by atoms with Gasteiger partial charge in [-0.05, 0) is 58.0 Å². The van der Waals surface area contributed by atoms with Gasteiger partial charge in [-0.2, -0.15) is 0 Å². The number of anilines is 1. The molecule has 1 amide bonds. The molecule has 0 unspecified atom stereocenters. The van der Waals surface area contributed by atoms with Crippen LogP contribution < -0.4 is 10.1 Å². The number of hydrogen-bond donors (Lipinski definition) is 2. The Bertz CT molecular complexity index is 1470. The van der Waals surface area contributed by atoms with Gasteiger partial charge in [-0.15, -0.1) is 0 Å². The first-order chi connectivity index (χ1) is 18.7. The van der Waals surface area contributed by atoms with E-state index in [0.29, 0.717) is 65.6 Å². The van der Waals surface area contributed by atoms with Crippen LogP contribution >= 0.6 is 11.3 Å². The SMILES string of the molecule is CN(C)CCOc1ccc2nc(NC(=O)/C(=N/O[C@@H]3CC[C@@H](O)C3)c3ccc(S(=O)(=O)C4CC4)cc3)sc2n1. The van der Waals surface area contributed by atoms with Gasteiger partial charge in [0, 0.05) is 24.6 Å². The van der Waals surface area contributed by atoms with Crippen molar-refractivity contribution in [1.82, 2.24) is 14.9 Å². The lowest BCUT2D eigenvalue weighted by atomic mass is 10.1. The Kier molecular flexibility index (Phi) is 8.12. The van der Waals surface area contributed by atoms with Gasteiger partial charge in [0.25, 0.3) is 5.91 Å². The molecule has 39 heavy (non-hydrogen) atoms. The fourth-order valence-electron chi connectivity index (χ4n) is 4.16. The second-order valence-corrected chi connectivity index (χ2v) is 13.2. The minimum Gasteiger partial charge on any atom is -0.476 e. The van der Waals surface area contributed by atoms with Gasteiger partial charge >= 0.3 is 0 Å². The third-order valence-electron chi connectivity index (χ3n) is 6.52. The van der Waals surface area contributed by atoms with Crippen LogP contribution in [-0.2, 0) is 19.5 Å². The molecule has 0 saturated heterocycles. The van der Waals surface area contributed by atoms with E-state index in [9.17, 15) is 18.3 Å². The topological polar surface area (TPSA) is 143 Å². The third-order valence-corrected chi connectivity index (χ3v) is 9.68. The Hall–Kier alpha value is -3.13. The van der Waals surface area contributed by atoms with Crippen LogP contribution in [0, 0.1) is 0 Å². The molecule has 0 bridgehead atoms. The smallest absolute Gasteiger partial charge is 0.280 e. The molecule has 3 aromatic rings. The highest BCUT2D eigenvalue weighted by Crippen LogP contribution is 2.33. The van der Waals surface area contributed by atoms with E-state index < -0.39 is 21.8 Å². The van der Waals surface area contributed by atoms with E-state index in [2.05, 4.69) is 20.4 Å². The quantitative estimate of drug-likeness (QED) is 0.261. The molecule has 0 aliphatic heterocycles. The van der Waals surface area contributed by atoms with Crippen LogP contribution in [0.4, 0.5) is 5.13 Å². The average molecular weight is 574 g/mol. The third kappa shape index (κ3) is 6.72. The highest BCUT2D eigenvalue weighted by molar-refractivity contribution is 7.92. The standard InChI is InChI=1S/C26H31N5O6S2/c1-31(2)13-14-36-22-12-11-21-25(28-22)38-26(27-21)29-24(33)23(30-37-18-6-5-17(32)15-18)16-3-7-19(8-4-16)39(34,35)20-9-10-20/h3-4,7-8,11-12,17-18,20,32H,5-6,9-10,13-15H2,1-2H3,(H,27,29,33)/b30-23+/t17-,18-/m1/s1. The molecule has 2 aromatic heterocycles. The van der Waals surface area contributed by atoms with Gasteiger partial charge in [-0.1, -0.05) is 28.6 Å². The maximum atomic E-state index is 13.4. The molecule has 0 spiro atoms. The number of carbonyl (C=O) groups is 1. The Morgan fingerprint density at radius 2 is 1.90 bits per heavy atom. The molecule has 2 saturated carbocycles. The predicted octanol–water partition coefficient (Wildman–Crippen LogP) is 2.84. The summed E-state index contributed by atoms with van der Waals surface area (Å²) in [5.74, 6) is -0.0885. The second-order valence-electron chi connectivity index (χ2n) is 10.0. The number of aliphatic hydroxyl groups excluding tert-OH is 1. The number of carbonyl (C=O) groups excluding carboxylic acids is 1. The van der Waals surface area contributed by atoms with E-state index in [-0.39, 0.29) is 22.0 Å². The number of benzene rings is 1. The van der Waals surface area contributed by atoms with Gasteiger partial charge in [-0.3, -0.25) is 10.1 Å². The molecular formula is C26H31N5O6S2. The van der Waals surface area contributed by atoms with Gasteiger partial charge in [0.05, 0.1) is 16.2 Å². The van der Waals surface area contributed by atoms with E-state index in [0.717, 1.165) is 6.54 Å². The van der Waals surface area contributed by atoms with Crippen LogP contribution in [0.5, 0.6) is 5.88 Å². The molecule has 13 heteroatoms. The summed E-state index contributed by atoms with van der Waals surface area (Å²) >= 11 is 1.20. The molecule has 2 heterocycles. The number of pyridine rings is 1. The largest absolute Gasteiger partial charge is 0.476 e. The molecule has 208 valence electrons. The Labute approximate surface area is 230 Å². The number of sulfone groups is 1. The number of amides is 1. The first-order valence-electron chi connectivity index (χ1n) is 12.8. The van der Waals surface area contributed by atoms with Crippen LogP contribution in [0.3, 0.4) is 0 Å². The molecule has 1 aromatic carbocycles. The average Bonchev–Trinajstić information content (AvgIpc) is 3.58. The summed E-state index contributed by atoms with van der Waals surface area (Å²) in [6.45, 7) is 1.24. The molecule has 2 atom stereocenters. The number of fused-ring (bicyclic) bond motifs is 1. The van der Waals surface area contributed by atoms with Gasteiger partial charge in [0.2, 0.25) is 5.88 Å².